The van der Waals surface area contributed by atoms with Crippen LogP contribution in [0.3, 0.4) is 0 Å². The summed E-state index contributed by atoms with van der Waals surface area (Å²) in [5.74, 6) is -0.389. The van der Waals surface area contributed by atoms with E-state index in [2.05, 4.69) is 0 Å². The number of carbonyl (C=O) groups is 2. The molecule has 0 atom stereocenters. The quantitative estimate of drug-likeness (QED) is 0.637. The van der Waals surface area contributed by atoms with Crippen molar-refractivity contribution in [3.8, 4) is 5.75 Å². The highest BCUT2D eigenvalue weighted by Gasteiger charge is 2.05. The lowest BCUT2D eigenvalue weighted by Crippen LogP contribution is -2.20. The summed E-state index contributed by atoms with van der Waals surface area (Å²) in [6.45, 7) is -0.239. The first-order chi connectivity index (χ1) is 11.0. The molecule has 0 radical (unpaired) electrons. The molecule has 2 N–H and O–H groups in total. The Kier molecular flexibility index (Phi) is 5.79. The number of rotatable bonds is 6. The Bertz CT molecular complexity index is 772. The Morgan fingerprint density at radius 1 is 1.09 bits per heavy atom. The molecule has 0 aliphatic rings. The standard InChI is InChI=1S/C17H13Cl2NO3/c18-14-6-4-11(8-15(14)19)5-7-16(21)12-2-1-3-13(9-12)23-10-17(20)22/h1-9H,10H2,(H2,20,22)/b7-5+. The van der Waals surface area contributed by atoms with Gasteiger partial charge in [-0.2, -0.15) is 0 Å². The fraction of sp³-hybridized carbons (Fsp3) is 0.0588. The summed E-state index contributed by atoms with van der Waals surface area (Å²) < 4.78 is 5.17. The van der Waals surface area contributed by atoms with Crippen molar-refractivity contribution in [2.45, 2.75) is 0 Å². The minimum absolute atomic E-state index is 0.208. The van der Waals surface area contributed by atoms with Gasteiger partial charge in [-0.15, -0.1) is 0 Å². The van der Waals surface area contributed by atoms with E-state index in [1.165, 1.54) is 6.08 Å². The Morgan fingerprint density at radius 3 is 2.57 bits per heavy atom. The maximum atomic E-state index is 12.2. The smallest absolute Gasteiger partial charge is 0.255 e. The molecule has 2 rings (SSSR count). The molecule has 0 saturated heterocycles. The van der Waals surface area contributed by atoms with Crippen LogP contribution in [-0.4, -0.2) is 18.3 Å². The van der Waals surface area contributed by atoms with Crippen molar-refractivity contribution in [1.29, 1.82) is 0 Å². The van der Waals surface area contributed by atoms with Gasteiger partial charge in [-0.3, -0.25) is 9.59 Å². The van der Waals surface area contributed by atoms with Crippen molar-refractivity contribution in [3.63, 3.8) is 0 Å². The van der Waals surface area contributed by atoms with Gasteiger partial charge in [0.25, 0.3) is 5.91 Å². The van der Waals surface area contributed by atoms with Crippen molar-refractivity contribution in [2.75, 3.05) is 6.61 Å². The van der Waals surface area contributed by atoms with Gasteiger partial charge in [0.2, 0.25) is 0 Å². The van der Waals surface area contributed by atoms with E-state index in [9.17, 15) is 9.59 Å². The SMILES string of the molecule is NC(=O)COc1cccc(C(=O)/C=C/c2ccc(Cl)c(Cl)c2)c1. The molecule has 4 nitrogen and oxygen atoms in total. The lowest BCUT2D eigenvalue weighted by Gasteiger charge is -2.04. The number of hydrogen-bond acceptors (Lipinski definition) is 3. The van der Waals surface area contributed by atoms with E-state index >= 15 is 0 Å². The Balaban J connectivity index is 2.10. The second-order valence-corrected chi connectivity index (χ2v) is 5.47. The van der Waals surface area contributed by atoms with Crippen LogP contribution >= 0.6 is 23.2 Å². The third kappa shape index (κ3) is 5.13. The van der Waals surface area contributed by atoms with Gasteiger partial charge in [0.15, 0.2) is 12.4 Å². The summed E-state index contributed by atoms with van der Waals surface area (Å²) in [5, 5.41) is 0.873. The van der Waals surface area contributed by atoms with Crippen LogP contribution in [0.25, 0.3) is 6.08 Å². The molecule has 0 fully saturated rings. The molecule has 0 heterocycles. The second kappa shape index (κ2) is 7.81. The molecule has 118 valence electrons. The molecular formula is C17H13Cl2NO3. The molecule has 6 heteroatoms. The fourth-order valence-corrected chi connectivity index (χ4v) is 2.08. The fourth-order valence-electron chi connectivity index (χ4n) is 1.78. The number of ether oxygens (including phenoxy) is 1. The lowest BCUT2D eigenvalue weighted by molar-refractivity contribution is -0.119. The molecule has 2 aromatic carbocycles. The molecule has 1 amide bonds. The van der Waals surface area contributed by atoms with E-state index in [0.29, 0.717) is 21.4 Å². The van der Waals surface area contributed by atoms with Crippen LogP contribution in [0.1, 0.15) is 15.9 Å². The van der Waals surface area contributed by atoms with Gasteiger partial charge >= 0.3 is 0 Å². The Hall–Kier alpha value is -2.30. The number of amides is 1. The van der Waals surface area contributed by atoms with Crippen molar-refractivity contribution < 1.29 is 14.3 Å². The van der Waals surface area contributed by atoms with Crippen molar-refractivity contribution >= 4 is 41.0 Å². The maximum absolute atomic E-state index is 12.2. The van der Waals surface area contributed by atoms with E-state index < -0.39 is 5.91 Å². The molecule has 0 bridgehead atoms. The molecule has 0 aromatic heterocycles. The summed E-state index contributed by atoms with van der Waals surface area (Å²) in [6.07, 6.45) is 3.06. The molecule has 0 saturated carbocycles. The monoisotopic (exact) mass is 349 g/mol. The molecule has 0 unspecified atom stereocenters. The van der Waals surface area contributed by atoms with Crippen LogP contribution in [0.4, 0.5) is 0 Å². The Labute approximate surface area is 143 Å². The molecule has 0 aliphatic carbocycles. The lowest BCUT2D eigenvalue weighted by atomic mass is 10.1. The molecule has 2 aromatic rings. The third-order valence-corrected chi connectivity index (χ3v) is 3.61. The zero-order valence-electron chi connectivity index (χ0n) is 12.0. The first-order valence-electron chi connectivity index (χ1n) is 6.64. The normalized spacial score (nSPS) is 10.7. The summed E-state index contributed by atoms with van der Waals surface area (Å²) in [4.78, 5) is 22.9. The molecule has 23 heavy (non-hydrogen) atoms. The number of primary amides is 1. The van der Waals surface area contributed by atoms with E-state index in [-0.39, 0.29) is 12.4 Å². The average molecular weight is 350 g/mol. The minimum Gasteiger partial charge on any atom is -0.484 e. The summed E-state index contributed by atoms with van der Waals surface area (Å²) in [7, 11) is 0. The second-order valence-electron chi connectivity index (χ2n) is 4.65. The minimum atomic E-state index is -0.582. The highest BCUT2D eigenvalue weighted by molar-refractivity contribution is 6.42. The Morgan fingerprint density at radius 2 is 1.87 bits per heavy atom. The van der Waals surface area contributed by atoms with Crippen LogP contribution in [0.2, 0.25) is 10.0 Å². The van der Waals surface area contributed by atoms with Gasteiger partial charge in [0.1, 0.15) is 5.75 Å². The number of halogens is 2. The highest BCUT2D eigenvalue weighted by atomic mass is 35.5. The number of carbonyl (C=O) groups excluding carboxylic acids is 2. The van der Waals surface area contributed by atoms with Crippen molar-refractivity contribution in [2.24, 2.45) is 5.73 Å². The topological polar surface area (TPSA) is 69.4 Å². The van der Waals surface area contributed by atoms with Gasteiger partial charge in [-0.25, -0.2) is 0 Å². The zero-order chi connectivity index (χ0) is 16.8. The number of benzene rings is 2. The van der Waals surface area contributed by atoms with Crippen LogP contribution in [0.15, 0.2) is 48.5 Å². The number of hydrogen-bond donors (Lipinski definition) is 1. The predicted octanol–water partition coefficient (Wildman–Crippen LogP) is 3.75. The van der Waals surface area contributed by atoms with Gasteiger partial charge in [0, 0.05) is 5.56 Å². The molecular weight excluding hydrogens is 337 g/mol. The first-order valence-corrected chi connectivity index (χ1v) is 7.40. The van der Waals surface area contributed by atoms with Crippen LogP contribution in [0.5, 0.6) is 5.75 Å². The number of allylic oxidation sites excluding steroid dienone is 1. The van der Waals surface area contributed by atoms with Gasteiger partial charge in [-0.1, -0.05) is 47.5 Å². The molecule has 0 aliphatic heterocycles. The number of nitrogens with two attached hydrogens (primary N) is 1. The summed E-state index contributed by atoms with van der Waals surface area (Å²) >= 11 is 11.8. The third-order valence-electron chi connectivity index (χ3n) is 2.87. The van der Waals surface area contributed by atoms with Crippen LogP contribution < -0.4 is 10.5 Å². The van der Waals surface area contributed by atoms with Gasteiger partial charge < -0.3 is 10.5 Å². The van der Waals surface area contributed by atoms with Crippen LogP contribution in [-0.2, 0) is 4.79 Å². The zero-order valence-corrected chi connectivity index (χ0v) is 13.5. The van der Waals surface area contributed by atoms with E-state index in [0.717, 1.165) is 5.56 Å². The average Bonchev–Trinajstić information content (AvgIpc) is 2.54. The summed E-state index contributed by atoms with van der Waals surface area (Å²) in [6, 6.07) is 11.6. The first kappa shape index (κ1) is 17.1. The maximum Gasteiger partial charge on any atom is 0.255 e. The van der Waals surface area contributed by atoms with Crippen molar-refractivity contribution in [1.82, 2.24) is 0 Å². The summed E-state index contributed by atoms with van der Waals surface area (Å²) in [5.41, 5.74) is 6.20. The van der Waals surface area contributed by atoms with Crippen LogP contribution in [0, 0.1) is 0 Å². The largest absolute Gasteiger partial charge is 0.484 e. The van der Waals surface area contributed by atoms with E-state index in [4.69, 9.17) is 33.7 Å². The number of ketones is 1. The molecule has 0 spiro atoms. The van der Waals surface area contributed by atoms with E-state index in [1.807, 2.05) is 0 Å². The highest BCUT2D eigenvalue weighted by Crippen LogP contribution is 2.23. The van der Waals surface area contributed by atoms with Gasteiger partial charge in [-0.05, 0) is 35.9 Å². The predicted molar refractivity (Wildman–Crippen MR) is 91.0 cm³/mol. The van der Waals surface area contributed by atoms with E-state index in [1.54, 1.807) is 48.5 Å². The van der Waals surface area contributed by atoms with Crippen molar-refractivity contribution in [3.05, 3.63) is 69.7 Å². The van der Waals surface area contributed by atoms with Gasteiger partial charge in [0.05, 0.1) is 10.0 Å².